The maximum atomic E-state index is 12.4. The lowest BCUT2D eigenvalue weighted by Gasteiger charge is -2.35. The molecule has 2 aromatic rings. The van der Waals surface area contributed by atoms with Crippen molar-refractivity contribution in [2.75, 3.05) is 27.2 Å². The first kappa shape index (κ1) is 16.0. The maximum Gasteiger partial charge on any atom is 0.281 e. The Kier molecular flexibility index (Phi) is 4.38. The first-order chi connectivity index (χ1) is 11.0. The predicted octanol–water partition coefficient (Wildman–Crippen LogP) is 1.13. The number of ether oxygens (including phenoxy) is 1. The van der Waals surface area contributed by atoms with Crippen LogP contribution in [0, 0.1) is 0 Å². The van der Waals surface area contributed by atoms with Gasteiger partial charge in [-0.1, -0.05) is 6.07 Å². The van der Waals surface area contributed by atoms with Crippen molar-refractivity contribution in [3.05, 3.63) is 48.4 Å². The standard InChI is InChI=1S/C15H20N4O3S/c1-17(2)23(20,21)18-10-13-6-5-9-19(13)14(11-18)12-22-15-7-3-4-8-16-15/h3-9,14H,10-12H2,1-2H3/t14-/m1/s1. The number of fused-ring (bicyclic) bond motifs is 1. The van der Waals surface area contributed by atoms with E-state index in [1.165, 1.54) is 8.61 Å². The van der Waals surface area contributed by atoms with E-state index in [0.29, 0.717) is 25.6 Å². The molecule has 0 aliphatic carbocycles. The highest BCUT2D eigenvalue weighted by Crippen LogP contribution is 2.25. The minimum absolute atomic E-state index is 0.0921. The highest BCUT2D eigenvalue weighted by atomic mass is 32.2. The fraction of sp³-hybridized carbons (Fsp3) is 0.400. The zero-order chi connectivity index (χ0) is 16.4. The Hall–Kier alpha value is -1.90. The van der Waals surface area contributed by atoms with Crippen LogP contribution in [0.3, 0.4) is 0 Å². The summed E-state index contributed by atoms with van der Waals surface area (Å²) in [4.78, 5) is 4.13. The number of hydrogen-bond donors (Lipinski definition) is 0. The molecule has 3 heterocycles. The van der Waals surface area contributed by atoms with Crippen molar-refractivity contribution in [1.29, 1.82) is 0 Å². The van der Waals surface area contributed by atoms with E-state index in [-0.39, 0.29) is 6.04 Å². The van der Waals surface area contributed by atoms with Gasteiger partial charge in [0.05, 0.1) is 12.6 Å². The van der Waals surface area contributed by atoms with Crippen molar-refractivity contribution in [3.8, 4) is 5.88 Å². The largest absolute Gasteiger partial charge is 0.475 e. The van der Waals surface area contributed by atoms with E-state index < -0.39 is 10.2 Å². The molecule has 2 aromatic heterocycles. The van der Waals surface area contributed by atoms with Crippen LogP contribution in [-0.4, -0.2) is 53.8 Å². The number of nitrogens with zero attached hydrogens (tertiary/aromatic N) is 4. The average molecular weight is 336 g/mol. The van der Waals surface area contributed by atoms with Crippen LogP contribution in [0.2, 0.25) is 0 Å². The molecule has 3 rings (SSSR count). The molecule has 1 aliphatic heterocycles. The molecule has 0 N–H and O–H groups in total. The van der Waals surface area contributed by atoms with Gasteiger partial charge >= 0.3 is 0 Å². The average Bonchev–Trinajstić information content (AvgIpc) is 3.02. The first-order valence-corrected chi connectivity index (χ1v) is 8.75. The maximum absolute atomic E-state index is 12.4. The molecule has 0 fully saturated rings. The molecular weight excluding hydrogens is 316 g/mol. The third-order valence-corrected chi connectivity index (χ3v) is 5.72. The second-order valence-electron chi connectivity index (χ2n) is 5.62. The highest BCUT2D eigenvalue weighted by Gasteiger charge is 2.33. The molecular formula is C15H20N4O3S. The van der Waals surface area contributed by atoms with Crippen LogP contribution in [0.25, 0.3) is 0 Å². The van der Waals surface area contributed by atoms with E-state index in [0.717, 1.165) is 5.69 Å². The summed E-state index contributed by atoms with van der Waals surface area (Å²) in [5.74, 6) is 0.536. The van der Waals surface area contributed by atoms with Gasteiger partial charge in [0.2, 0.25) is 5.88 Å². The first-order valence-electron chi connectivity index (χ1n) is 7.35. The summed E-state index contributed by atoms with van der Waals surface area (Å²) in [5.41, 5.74) is 0.955. The molecule has 1 atom stereocenters. The van der Waals surface area contributed by atoms with Crippen molar-refractivity contribution in [1.82, 2.24) is 18.2 Å². The summed E-state index contributed by atoms with van der Waals surface area (Å²) in [6.07, 6.45) is 3.63. The molecule has 0 saturated heterocycles. The fourth-order valence-corrected chi connectivity index (χ4v) is 3.76. The molecule has 0 bridgehead atoms. The monoisotopic (exact) mass is 336 g/mol. The Morgan fingerprint density at radius 1 is 1.30 bits per heavy atom. The van der Waals surface area contributed by atoms with Crippen LogP contribution in [0.5, 0.6) is 5.88 Å². The van der Waals surface area contributed by atoms with E-state index in [2.05, 4.69) is 9.55 Å². The molecule has 0 saturated carbocycles. The SMILES string of the molecule is CN(C)S(=O)(=O)N1Cc2cccn2[C@@H](COc2ccccn2)C1. The topological polar surface area (TPSA) is 67.7 Å². The van der Waals surface area contributed by atoms with Gasteiger partial charge in [0.1, 0.15) is 6.61 Å². The Morgan fingerprint density at radius 3 is 2.83 bits per heavy atom. The summed E-state index contributed by atoms with van der Waals surface area (Å²) >= 11 is 0. The van der Waals surface area contributed by atoms with Crippen molar-refractivity contribution in [2.45, 2.75) is 12.6 Å². The predicted molar refractivity (Wildman–Crippen MR) is 86.2 cm³/mol. The number of aromatic nitrogens is 2. The highest BCUT2D eigenvalue weighted by molar-refractivity contribution is 7.86. The fourth-order valence-electron chi connectivity index (χ4n) is 2.64. The number of pyridine rings is 1. The Balaban J connectivity index is 1.79. The van der Waals surface area contributed by atoms with Gasteiger partial charge in [-0.25, -0.2) is 4.98 Å². The zero-order valence-electron chi connectivity index (χ0n) is 13.2. The second-order valence-corrected chi connectivity index (χ2v) is 7.76. The van der Waals surface area contributed by atoms with Crippen molar-refractivity contribution >= 4 is 10.2 Å². The summed E-state index contributed by atoms with van der Waals surface area (Å²) < 4.78 is 35.4. The van der Waals surface area contributed by atoms with Crippen LogP contribution in [-0.2, 0) is 16.8 Å². The van der Waals surface area contributed by atoms with Crippen molar-refractivity contribution in [2.24, 2.45) is 0 Å². The van der Waals surface area contributed by atoms with Gasteiger partial charge in [-0.2, -0.15) is 17.0 Å². The quantitative estimate of drug-likeness (QED) is 0.821. The van der Waals surface area contributed by atoms with Crippen LogP contribution in [0.15, 0.2) is 42.7 Å². The summed E-state index contributed by atoms with van der Waals surface area (Å²) in [5, 5.41) is 0. The van der Waals surface area contributed by atoms with Gasteiger partial charge in [-0.15, -0.1) is 0 Å². The van der Waals surface area contributed by atoms with E-state index in [1.807, 2.05) is 30.5 Å². The molecule has 1 aliphatic rings. The Bertz CT molecular complexity index is 758. The van der Waals surface area contributed by atoms with Crippen LogP contribution in [0.1, 0.15) is 11.7 Å². The van der Waals surface area contributed by atoms with Crippen LogP contribution < -0.4 is 4.74 Å². The lowest BCUT2D eigenvalue weighted by Crippen LogP contribution is -2.46. The van der Waals surface area contributed by atoms with Gasteiger partial charge in [-0.3, -0.25) is 0 Å². The van der Waals surface area contributed by atoms with Gasteiger partial charge in [-0.05, 0) is 18.2 Å². The van der Waals surface area contributed by atoms with Crippen LogP contribution in [0.4, 0.5) is 0 Å². The van der Waals surface area contributed by atoms with Crippen molar-refractivity contribution in [3.63, 3.8) is 0 Å². The van der Waals surface area contributed by atoms with E-state index in [9.17, 15) is 8.42 Å². The normalized spacial score (nSPS) is 18.8. The second kappa shape index (κ2) is 6.31. The van der Waals surface area contributed by atoms with Crippen molar-refractivity contribution < 1.29 is 13.2 Å². The van der Waals surface area contributed by atoms with E-state index in [4.69, 9.17) is 4.74 Å². The summed E-state index contributed by atoms with van der Waals surface area (Å²) in [6, 6.07) is 9.23. The smallest absolute Gasteiger partial charge is 0.281 e. The van der Waals surface area contributed by atoms with Gasteiger partial charge in [0, 0.05) is 44.8 Å². The van der Waals surface area contributed by atoms with Gasteiger partial charge in [0.25, 0.3) is 10.2 Å². The van der Waals surface area contributed by atoms with E-state index in [1.54, 1.807) is 26.4 Å². The Morgan fingerprint density at radius 2 is 2.13 bits per heavy atom. The molecule has 0 spiro atoms. The number of rotatable bonds is 5. The zero-order valence-corrected chi connectivity index (χ0v) is 14.0. The third-order valence-electron chi connectivity index (χ3n) is 3.86. The summed E-state index contributed by atoms with van der Waals surface area (Å²) in [7, 11) is -0.366. The lowest BCUT2D eigenvalue weighted by atomic mass is 10.2. The molecule has 0 unspecified atom stereocenters. The number of hydrogen-bond acceptors (Lipinski definition) is 4. The van der Waals surface area contributed by atoms with Gasteiger partial charge in [0.15, 0.2) is 0 Å². The van der Waals surface area contributed by atoms with Gasteiger partial charge < -0.3 is 9.30 Å². The molecule has 7 nitrogen and oxygen atoms in total. The minimum atomic E-state index is -3.45. The summed E-state index contributed by atoms with van der Waals surface area (Å²) in [6.45, 7) is 1.10. The molecule has 8 heteroatoms. The van der Waals surface area contributed by atoms with Crippen LogP contribution >= 0.6 is 0 Å². The molecule has 0 aromatic carbocycles. The van der Waals surface area contributed by atoms with E-state index >= 15 is 0 Å². The minimum Gasteiger partial charge on any atom is -0.475 e. The lowest BCUT2D eigenvalue weighted by molar-refractivity contribution is 0.186. The third kappa shape index (κ3) is 3.24. The molecule has 0 radical (unpaired) electrons. The molecule has 23 heavy (non-hydrogen) atoms. The Labute approximate surface area is 136 Å². The molecule has 0 amide bonds. The molecule has 124 valence electrons.